The van der Waals surface area contributed by atoms with Gasteiger partial charge in [-0.15, -0.1) is 11.3 Å². The highest BCUT2D eigenvalue weighted by Gasteiger charge is 2.26. The quantitative estimate of drug-likeness (QED) is 0.485. The number of benzene rings is 1. The average molecular weight is 416 g/mol. The van der Waals surface area contributed by atoms with E-state index in [4.69, 9.17) is 0 Å². The van der Waals surface area contributed by atoms with E-state index in [0.29, 0.717) is 10.9 Å². The first-order valence-electron chi connectivity index (χ1n) is 9.97. The van der Waals surface area contributed by atoms with Gasteiger partial charge in [0.05, 0.1) is 16.3 Å². The zero-order valence-electron chi connectivity index (χ0n) is 16.5. The lowest BCUT2D eigenvalue weighted by molar-refractivity contribution is 0.0946. The van der Waals surface area contributed by atoms with Crippen molar-refractivity contribution in [3.8, 4) is 0 Å². The van der Waals surface area contributed by atoms with E-state index in [1.165, 1.54) is 11.3 Å². The van der Waals surface area contributed by atoms with Gasteiger partial charge in [0.2, 0.25) is 0 Å². The predicted molar refractivity (Wildman–Crippen MR) is 119 cm³/mol. The van der Waals surface area contributed by atoms with Crippen LogP contribution in [0.2, 0.25) is 0 Å². The molecule has 5 rings (SSSR count). The number of amides is 1. The zero-order valence-corrected chi connectivity index (χ0v) is 17.3. The van der Waals surface area contributed by atoms with Crippen LogP contribution in [-0.4, -0.2) is 26.9 Å². The molecule has 2 N–H and O–H groups in total. The molecule has 0 bridgehead atoms. The Hall–Kier alpha value is -3.32. The molecule has 1 fully saturated rings. The van der Waals surface area contributed by atoms with E-state index in [0.717, 1.165) is 45.6 Å². The number of nitrogens with one attached hydrogen (secondary N) is 2. The number of carbonyl (C=O) groups is 1. The van der Waals surface area contributed by atoms with Crippen LogP contribution >= 0.6 is 11.3 Å². The number of pyridine rings is 1. The first-order valence-corrected chi connectivity index (χ1v) is 10.8. The summed E-state index contributed by atoms with van der Waals surface area (Å²) in [6, 6.07) is 14.0. The van der Waals surface area contributed by atoms with Gasteiger partial charge >= 0.3 is 0 Å². The van der Waals surface area contributed by atoms with Crippen molar-refractivity contribution in [2.45, 2.75) is 31.8 Å². The van der Waals surface area contributed by atoms with E-state index in [9.17, 15) is 4.79 Å². The molecule has 1 aliphatic carbocycles. The number of anilines is 1. The number of aromatic nitrogens is 3. The summed E-state index contributed by atoms with van der Waals surface area (Å²) >= 11 is 1.41. The maximum atomic E-state index is 13.4. The smallest absolute Gasteiger partial charge is 0.262 e. The molecule has 4 aromatic rings. The Kier molecular flexibility index (Phi) is 4.88. The summed E-state index contributed by atoms with van der Waals surface area (Å²) in [7, 11) is 0. The number of carbonyl (C=O) groups excluding carboxylic acids is 1. The summed E-state index contributed by atoms with van der Waals surface area (Å²) in [6.45, 7) is 1.97. The van der Waals surface area contributed by atoms with E-state index >= 15 is 0 Å². The lowest BCUT2D eigenvalue weighted by Crippen LogP contribution is -2.29. The van der Waals surface area contributed by atoms with Crippen LogP contribution in [-0.2, 0) is 0 Å². The summed E-state index contributed by atoms with van der Waals surface area (Å²) < 4.78 is 0. The van der Waals surface area contributed by atoms with Crippen LogP contribution in [0.15, 0.2) is 61.2 Å². The molecule has 1 amide bonds. The first kappa shape index (κ1) is 18.7. The Bertz CT molecular complexity index is 1150. The van der Waals surface area contributed by atoms with Crippen molar-refractivity contribution >= 4 is 33.3 Å². The fraction of sp³-hybridized carbons (Fsp3) is 0.217. The molecule has 1 unspecified atom stereocenters. The summed E-state index contributed by atoms with van der Waals surface area (Å²) in [5.41, 5.74) is 2.92. The fourth-order valence-corrected chi connectivity index (χ4v) is 4.63. The molecule has 3 aromatic heterocycles. The fourth-order valence-electron chi connectivity index (χ4n) is 3.58. The van der Waals surface area contributed by atoms with Crippen LogP contribution in [0.1, 0.15) is 45.2 Å². The number of thiophene rings is 1. The molecule has 30 heavy (non-hydrogen) atoms. The van der Waals surface area contributed by atoms with E-state index in [2.05, 4.69) is 25.6 Å². The minimum Gasteiger partial charge on any atom is -0.367 e. The minimum atomic E-state index is -0.263. The van der Waals surface area contributed by atoms with Crippen molar-refractivity contribution in [2.24, 2.45) is 0 Å². The molecule has 1 saturated carbocycles. The van der Waals surface area contributed by atoms with Gasteiger partial charge in [-0.1, -0.05) is 30.3 Å². The largest absolute Gasteiger partial charge is 0.367 e. The van der Waals surface area contributed by atoms with Crippen LogP contribution in [0, 0.1) is 6.92 Å². The Labute approximate surface area is 178 Å². The standard InChI is InChI=1S/C23H21N5OS/c1-14-18-21(27-17-7-8-17)25-13-26-23(18)30-20(14)22(29)28-19(15-5-3-2-4-6-15)16-9-11-24-12-10-16/h2-6,9-13,17,19H,7-8H2,1H3,(H,28,29)(H,25,26,27). The van der Waals surface area contributed by atoms with Crippen molar-refractivity contribution in [2.75, 3.05) is 5.32 Å². The number of hydrogen-bond acceptors (Lipinski definition) is 6. The highest BCUT2D eigenvalue weighted by Crippen LogP contribution is 2.36. The Morgan fingerprint density at radius 1 is 1.07 bits per heavy atom. The second-order valence-electron chi connectivity index (χ2n) is 7.47. The SMILES string of the molecule is Cc1c(C(=O)NC(c2ccccc2)c2ccncc2)sc2ncnc(NC3CC3)c12. The van der Waals surface area contributed by atoms with Crippen molar-refractivity contribution in [1.82, 2.24) is 20.3 Å². The number of nitrogens with zero attached hydrogens (tertiary/aromatic N) is 3. The van der Waals surface area contributed by atoms with Gasteiger partial charge in [0.25, 0.3) is 5.91 Å². The Morgan fingerprint density at radius 2 is 1.80 bits per heavy atom. The Balaban J connectivity index is 1.50. The van der Waals surface area contributed by atoms with E-state index in [-0.39, 0.29) is 11.9 Å². The van der Waals surface area contributed by atoms with Gasteiger partial charge in [-0.2, -0.15) is 0 Å². The third-order valence-corrected chi connectivity index (χ3v) is 6.50. The Morgan fingerprint density at radius 3 is 2.53 bits per heavy atom. The molecule has 1 aliphatic rings. The summed E-state index contributed by atoms with van der Waals surface area (Å²) in [6.07, 6.45) is 7.37. The molecule has 0 radical (unpaired) electrons. The molecule has 1 aromatic carbocycles. The number of hydrogen-bond donors (Lipinski definition) is 2. The van der Waals surface area contributed by atoms with Gasteiger partial charge in [0.15, 0.2) is 0 Å². The average Bonchev–Trinajstić information content (AvgIpc) is 3.54. The summed E-state index contributed by atoms with van der Waals surface area (Å²) in [5, 5.41) is 7.62. The van der Waals surface area contributed by atoms with Crippen molar-refractivity contribution < 1.29 is 4.79 Å². The molecular formula is C23H21N5OS. The maximum Gasteiger partial charge on any atom is 0.262 e. The predicted octanol–water partition coefficient (Wildman–Crippen LogP) is 4.49. The molecule has 6 nitrogen and oxygen atoms in total. The van der Waals surface area contributed by atoms with Gasteiger partial charge in [-0.25, -0.2) is 9.97 Å². The highest BCUT2D eigenvalue weighted by molar-refractivity contribution is 7.20. The van der Waals surface area contributed by atoms with Gasteiger partial charge in [0.1, 0.15) is 17.0 Å². The lowest BCUT2D eigenvalue weighted by Gasteiger charge is -2.19. The zero-order chi connectivity index (χ0) is 20.5. The minimum absolute atomic E-state index is 0.112. The summed E-state index contributed by atoms with van der Waals surface area (Å²) in [5.74, 6) is 0.711. The van der Waals surface area contributed by atoms with Crippen LogP contribution in [0.3, 0.4) is 0 Å². The first-order chi connectivity index (χ1) is 14.7. The highest BCUT2D eigenvalue weighted by atomic mass is 32.1. The molecule has 0 saturated heterocycles. The van der Waals surface area contributed by atoms with E-state index < -0.39 is 0 Å². The molecular weight excluding hydrogens is 394 g/mol. The molecule has 0 aliphatic heterocycles. The van der Waals surface area contributed by atoms with Crippen LogP contribution in [0.5, 0.6) is 0 Å². The number of rotatable bonds is 6. The monoisotopic (exact) mass is 415 g/mol. The topological polar surface area (TPSA) is 79.8 Å². The van der Waals surface area contributed by atoms with E-state index in [1.807, 2.05) is 49.4 Å². The van der Waals surface area contributed by atoms with Gasteiger partial charge in [0, 0.05) is 18.4 Å². The van der Waals surface area contributed by atoms with Gasteiger partial charge in [-0.3, -0.25) is 9.78 Å². The van der Waals surface area contributed by atoms with Crippen LogP contribution in [0.25, 0.3) is 10.2 Å². The third kappa shape index (κ3) is 3.64. The van der Waals surface area contributed by atoms with Crippen molar-refractivity contribution in [1.29, 1.82) is 0 Å². The molecule has 0 spiro atoms. The van der Waals surface area contributed by atoms with Crippen LogP contribution < -0.4 is 10.6 Å². The van der Waals surface area contributed by atoms with E-state index in [1.54, 1.807) is 18.7 Å². The molecule has 7 heteroatoms. The second-order valence-corrected chi connectivity index (χ2v) is 8.47. The number of fused-ring (bicyclic) bond motifs is 1. The van der Waals surface area contributed by atoms with Gasteiger partial charge in [-0.05, 0) is 48.6 Å². The summed E-state index contributed by atoms with van der Waals surface area (Å²) in [4.78, 5) is 27.8. The number of aryl methyl sites for hydroxylation is 1. The van der Waals surface area contributed by atoms with Crippen molar-refractivity contribution in [3.05, 3.63) is 82.8 Å². The van der Waals surface area contributed by atoms with Gasteiger partial charge < -0.3 is 10.6 Å². The molecule has 3 heterocycles. The van der Waals surface area contributed by atoms with Crippen LogP contribution in [0.4, 0.5) is 5.82 Å². The van der Waals surface area contributed by atoms with Crippen molar-refractivity contribution in [3.63, 3.8) is 0 Å². The molecule has 150 valence electrons. The second kappa shape index (κ2) is 7.84. The molecule has 1 atom stereocenters. The normalized spacial score (nSPS) is 14.4. The maximum absolute atomic E-state index is 13.4. The third-order valence-electron chi connectivity index (χ3n) is 5.30. The lowest BCUT2D eigenvalue weighted by atomic mass is 9.99.